The molecule has 0 aliphatic rings. The van der Waals surface area contributed by atoms with Gasteiger partial charge in [-0.15, -0.1) is 0 Å². The van der Waals surface area contributed by atoms with Crippen molar-refractivity contribution in [1.82, 2.24) is 10.2 Å². The quantitative estimate of drug-likeness (QED) is 0.311. The normalized spacial score (nSPS) is 12.4. The number of methoxy groups -OCH3 is 1. The van der Waals surface area contributed by atoms with E-state index < -0.39 is 34.1 Å². The molecule has 0 spiro atoms. The number of nitrogens with zero attached hydrogens (tertiary/aromatic N) is 2. The minimum atomic E-state index is -4.18. The number of sulfonamides is 1. The van der Waals surface area contributed by atoms with Crippen molar-refractivity contribution in [3.63, 3.8) is 0 Å². The highest BCUT2D eigenvalue weighted by Crippen LogP contribution is 2.31. The number of anilines is 1. The smallest absolute Gasteiger partial charge is 0.264 e. The van der Waals surface area contributed by atoms with Crippen LogP contribution >= 0.6 is 11.6 Å². The molecule has 220 valence electrons. The predicted octanol–water partition coefficient (Wildman–Crippen LogP) is 5.57. The van der Waals surface area contributed by atoms with Crippen molar-refractivity contribution in [2.45, 2.75) is 64.1 Å². The van der Waals surface area contributed by atoms with Gasteiger partial charge in [0.2, 0.25) is 11.8 Å². The molecule has 41 heavy (non-hydrogen) atoms. The number of carbonyl (C=O) groups is 2. The first-order valence-electron chi connectivity index (χ1n) is 13.4. The van der Waals surface area contributed by atoms with Gasteiger partial charge in [-0.2, -0.15) is 0 Å². The lowest BCUT2D eigenvalue weighted by molar-refractivity contribution is -0.141. The molecule has 0 saturated carbocycles. The van der Waals surface area contributed by atoms with Crippen molar-refractivity contribution >= 4 is 39.1 Å². The van der Waals surface area contributed by atoms with E-state index in [1.807, 2.05) is 39.8 Å². The van der Waals surface area contributed by atoms with Crippen LogP contribution in [0.15, 0.2) is 77.7 Å². The fourth-order valence-electron chi connectivity index (χ4n) is 4.40. The van der Waals surface area contributed by atoms with Gasteiger partial charge in [0.25, 0.3) is 10.0 Å². The largest absolute Gasteiger partial charge is 0.497 e. The van der Waals surface area contributed by atoms with Gasteiger partial charge in [0, 0.05) is 17.1 Å². The number of hydrogen-bond donors (Lipinski definition) is 1. The minimum absolute atomic E-state index is 0.0337. The molecule has 0 aliphatic carbocycles. The number of hydrogen-bond acceptors (Lipinski definition) is 5. The van der Waals surface area contributed by atoms with Crippen LogP contribution in [0.25, 0.3) is 0 Å². The lowest BCUT2D eigenvalue weighted by atomic mass is 10.1. The number of benzene rings is 3. The highest BCUT2D eigenvalue weighted by Gasteiger charge is 2.35. The number of carbonyl (C=O) groups excluding carboxylic acids is 2. The molecule has 10 heteroatoms. The van der Waals surface area contributed by atoms with Crippen LogP contribution in [0.4, 0.5) is 5.69 Å². The standard InChI is InChI=1S/C31H38ClN3O5S/c1-7-27(30(37)33-31(3,4)5)34(20-23-16-18-24(40-6)19-17-23)29(36)21-35(28-15-11-14-26(32)22(28)2)41(38,39)25-12-9-8-10-13-25/h8-19,27H,7,20-21H2,1-6H3,(H,33,37)/t27-/m1/s1. The number of ether oxygens (including phenoxy) is 1. The molecule has 0 radical (unpaired) electrons. The summed E-state index contributed by atoms with van der Waals surface area (Å²) in [4.78, 5) is 29.1. The van der Waals surface area contributed by atoms with Crippen LogP contribution in [0.3, 0.4) is 0 Å². The summed E-state index contributed by atoms with van der Waals surface area (Å²) in [6, 6.07) is 19.2. The average molecular weight is 600 g/mol. The second kappa shape index (κ2) is 13.4. The summed E-state index contributed by atoms with van der Waals surface area (Å²) in [5.74, 6) is -0.199. The predicted molar refractivity (Wildman–Crippen MR) is 163 cm³/mol. The summed E-state index contributed by atoms with van der Waals surface area (Å²) in [6.45, 7) is 8.67. The monoisotopic (exact) mass is 599 g/mol. The third-order valence-electron chi connectivity index (χ3n) is 6.51. The van der Waals surface area contributed by atoms with Crippen molar-refractivity contribution in [3.8, 4) is 5.75 Å². The fraction of sp³-hybridized carbons (Fsp3) is 0.355. The Morgan fingerprint density at radius 1 is 0.976 bits per heavy atom. The van der Waals surface area contributed by atoms with Crippen molar-refractivity contribution in [1.29, 1.82) is 0 Å². The Bertz CT molecular complexity index is 1460. The maximum atomic E-state index is 14.2. The topological polar surface area (TPSA) is 96.0 Å². The molecule has 0 bridgehead atoms. The van der Waals surface area contributed by atoms with E-state index in [9.17, 15) is 18.0 Å². The Balaban J connectivity index is 2.10. The highest BCUT2D eigenvalue weighted by molar-refractivity contribution is 7.92. The first-order valence-corrected chi connectivity index (χ1v) is 15.2. The second-order valence-electron chi connectivity index (χ2n) is 10.7. The molecule has 0 unspecified atom stereocenters. The van der Waals surface area contributed by atoms with Crippen molar-refractivity contribution in [2.24, 2.45) is 0 Å². The summed E-state index contributed by atoms with van der Waals surface area (Å²) in [7, 11) is -2.61. The molecule has 1 atom stereocenters. The van der Waals surface area contributed by atoms with Gasteiger partial charge in [0.05, 0.1) is 17.7 Å². The Kier molecular flexibility index (Phi) is 10.4. The van der Waals surface area contributed by atoms with Crippen LogP contribution in [0.1, 0.15) is 45.2 Å². The van der Waals surface area contributed by atoms with Crippen LogP contribution in [0, 0.1) is 6.92 Å². The van der Waals surface area contributed by atoms with Gasteiger partial charge in [0.15, 0.2) is 0 Å². The molecule has 0 aromatic heterocycles. The van der Waals surface area contributed by atoms with Gasteiger partial charge in [0.1, 0.15) is 18.3 Å². The van der Waals surface area contributed by atoms with Gasteiger partial charge in [-0.3, -0.25) is 13.9 Å². The molecule has 3 aromatic carbocycles. The highest BCUT2D eigenvalue weighted by atomic mass is 35.5. The average Bonchev–Trinajstić information content (AvgIpc) is 2.93. The molecular weight excluding hydrogens is 562 g/mol. The zero-order chi connectivity index (χ0) is 30.4. The Morgan fingerprint density at radius 3 is 2.17 bits per heavy atom. The Morgan fingerprint density at radius 2 is 1.61 bits per heavy atom. The van der Waals surface area contributed by atoms with Crippen molar-refractivity contribution < 1.29 is 22.7 Å². The number of amides is 2. The summed E-state index contributed by atoms with van der Waals surface area (Å²) in [5, 5.41) is 3.33. The number of halogens is 1. The molecule has 1 N–H and O–H groups in total. The molecule has 3 rings (SSSR count). The maximum absolute atomic E-state index is 14.2. The van der Waals surface area contributed by atoms with Crippen molar-refractivity contribution in [3.05, 3.63) is 88.9 Å². The molecule has 0 aliphatic heterocycles. The van der Waals surface area contributed by atoms with E-state index in [0.717, 1.165) is 9.87 Å². The van der Waals surface area contributed by atoms with Crippen LogP contribution in [0.5, 0.6) is 5.75 Å². The molecule has 3 aromatic rings. The van der Waals surface area contributed by atoms with E-state index in [1.54, 1.807) is 62.6 Å². The van der Waals surface area contributed by atoms with E-state index in [1.165, 1.54) is 17.0 Å². The summed E-state index contributed by atoms with van der Waals surface area (Å²) < 4.78 is 34.3. The second-order valence-corrected chi connectivity index (χ2v) is 13.0. The Hall–Kier alpha value is -3.56. The van der Waals surface area contributed by atoms with Gasteiger partial charge < -0.3 is 15.0 Å². The first kappa shape index (κ1) is 32.0. The van der Waals surface area contributed by atoms with Gasteiger partial charge in [-0.05, 0) is 81.6 Å². The molecular formula is C31H38ClN3O5S. The summed E-state index contributed by atoms with van der Waals surface area (Å²) >= 11 is 6.38. The Labute approximate surface area is 248 Å². The first-order chi connectivity index (χ1) is 19.3. The van der Waals surface area contributed by atoms with Gasteiger partial charge in [-0.1, -0.05) is 54.9 Å². The van der Waals surface area contributed by atoms with Crippen LogP contribution in [-0.2, 0) is 26.2 Å². The zero-order valence-electron chi connectivity index (χ0n) is 24.3. The van der Waals surface area contributed by atoms with Gasteiger partial charge in [-0.25, -0.2) is 8.42 Å². The third-order valence-corrected chi connectivity index (χ3v) is 8.70. The molecule has 8 nitrogen and oxygen atoms in total. The SMILES string of the molecule is CC[C@H](C(=O)NC(C)(C)C)N(Cc1ccc(OC)cc1)C(=O)CN(c1cccc(Cl)c1C)S(=O)(=O)c1ccccc1. The summed E-state index contributed by atoms with van der Waals surface area (Å²) in [6.07, 6.45) is 0.325. The lowest BCUT2D eigenvalue weighted by Crippen LogP contribution is -2.55. The van der Waals surface area contributed by atoms with Crippen molar-refractivity contribution in [2.75, 3.05) is 18.0 Å². The molecule has 2 amide bonds. The van der Waals surface area contributed by atoms with E-state index in [2.05, 4.69) is 5.32 Å². The number of rotatable bonds is 11. The summed E-state index contributed by atoms with van der Waals surface area (Å²) in [5.41, 5.74) is 1.03. The van der Waals surface area contributed by atoms with E-state index in [0.29, 0.717) is 22.8 Å². The van der Waals surface area contributed by atoms with Crippen LogP contribution in [0.2, 0.25) is 5.02 Å². The van der Waals surface area contributed by atoms with E-state index >= 15 is 0 Å². The lowest BCUT2D eigenvalue weighted by Gasteiger charge is -2.35. The maximum Gasteiger partial charge on any atom is 0.264 e. The third kappa shape index (κ3) is 8.01. The van der Waals surface area contributed by atoms with Crippen LogP contribution in [-0.4, -0.2) is 50.4 Å². The molecule has 0 fully saturated rings. The van der Waals surface area contributed by atoms with Crippen LogP contribution < -0.4 is 14.4 Å². The van der Waals surface area contributed by atoms with E-state index in [4.69, 9.17) is 16.3 Å². The fourth-order valence-corrected chi connectivity index (χ4v) is 6.06. The number of nitrogens with one attached hydrogen (secondary N) is 1. The van der Waals surface area contributed by atoms with Gasteiger partial charge >= 0.3 is 0 Å². The minimum Gasteiger partial charge on any atom is -0.497 e. The molecule has 0 saturated heterocycles. The molecule has 0 heterocycles. The van der Waals surface area contributed by atoms with E-state index in [-0.39, 0.29) is 23.0 Å². The zero-order valence-corrected chi connectivity index (χ0v) is 25.9.